The highest BCUT2D eigenvalue weighted by molar-refractivity contribution is 5.91. The second-order valence-corrected chi connectivity index (χ2v) is 10.1. The summed E-state index contributed by atoms with van der Waals surface area (Å²) in [7, 11) is 0. The van der Waals surface area contributed by atoms with Crippen molar-refractivity contribution in [1.29, 1.82) is 0 Å². The summed E-state index contributed by atoms with van der Waals surface area (Å²) in [5.41, 5.74) is 0.504. The number of allylic oxidation sites excluding steroid dienone is 1. The summed E-state index contributed by atoms with van der Waals surface area (Å²) in [4.78, 5) is 12.5. The predicted molar refractivity (Wildman–Crippen MR) is 159 cm³/mol. The summed E-state index contributed by atoms with van der Waals surface area (Å²) in [6.07, 6.45) is 22.1. The van der Waals surface area contributed by atoms with Crippen LogP contribution in [0.3, 0.4) is 0 Å². The van der Waals surface area contributed by atoms with E-state index in [-0.39, 0.29) is 5.97 Å². The number of ether oxygens (including phenoxy) is 3. The number of hydrogen-bond acceptors (Lipinski definition) is 4. The maximum absolute atomic E-state index is 12.5. The van der Waals surface area contributed by atoms with Crippen LogP contribution >= 0.6 is 0 Å². The lowest BCUT2D eigenvalue weighted by Gasteiger charge is -2.09. The topological polar surface area (TPSA) is 44.8 Å². The van der Waals surface area contributed by atoms with E-state index < -0.39 is 0 Å². The van der Waals surface area contributed by atoms with E-state index >= 15 is 0 Å². The highest BCUT2D eigenvalue weighted by Crippen LogP contribution is 2.20. The van der Waals surface area contributed by atoms with E-state index in [0.29, 0.717) is 17.9 Å². The number of esters is 1. The van der Waals surface area contributed by atoms with E-state index in [0.717, 1.165) is 37.4 Å². The summed E-state index contributed by atoms with van der Waals surface area (Å²) in [6.45, 7) is 7.44. The Morgan fingerprint density at radius 2 is 1.03 bits per heavy atom. The van der Waals surface area contributed by atoms with Crippen molar-refractivity contribution in [3.63, 3.8) is 0 Å². The van der Waals surface area contributed by atoms with Crippen molar-refractivity contribution in [2.24, 2.45) is 0 Å². The summed E-state index contributed by atoms with van der Waals surface area (Å²) in [5.74, 6) is 1.72. The molecule has 2 rings (SSSR count). The van der Waals surface area contributed by atoms with Gasteiger partial charge < -0.3 is 14.2 Å². The minimum atomic E-state index is -0.378. The summed E-state index contributed by atoms with van der Waals surface area (Å²) in [5, 5.41) is 0. The SMILES string of the molecule is C=CCCCCCCCCCOc1ccc(C(=O)Oc2ccc(OCCCCCCCCCC)cc2)cc1. The van der Waals surface area contributed by atoms with E-state index in [9.17, 15) is 4.79 Å². The Balaban J connectivity index is 1.56. The van der Waals surface area contributed by atoms with E-state index in [1.165, 1.54) is 83.5 Å². The third-order valence-corrected chi connectivity index (χ3v) is 6.71. The van der Waals surface area contributed by atoms with Crippen LogP contribution in [-0.2, 0) is 0 Å². The van der Waals surface area contributed by atoms with Crippen LogP contribution in [0.5, 0.6) is 17.2 Å². The van der Waals surface area contributed by atoms with E-state index in [4.69, 9.17) is 14.2 Å². The molecule has 0 saturated carbocycles. The van der Waals surface area contributed by atoms with Crippen LogP contribution in [-0.4, -0.2) is 19.2 Å². The Morgan fingerprint density at radius 3 is 1.53 bits per heavy atom. The van der Waals surface area contributed by atoms with Crippen LogP contribution in [0.15, 0.2) is 61.2 Å². The molecule has 0 radical (unpaired) electrons. The van der Waals surface area contributed by atoms with Gasteiger partial charge in [-0.25, -0.2) is 4.79 Å². The molecule has 0 N–H and O–H groups in total. The predicted octanol–water partition coefficient (Wildman–Crippen LogP) is 10.1. The van der Waals surface area contributed by atoms with Gasteiger partial charge in [-0.2, -0.15) is 0 Å². The van der Waals surface area contributed by atoms with Gasteiger partial charge in [-0.3, -0.25) is 0 Å². The normalized spacial score (nSPS) is 10.8. The fraction of sp³-hybridized carbons (Fsp3) is 0.559. The van der Waals surface area contributed by atoms with Gasteiger partial charge in [-0.15, -0.1) is 6.58 Å². The van der Waals surface area contributed by atoms with Gasteiger partial charge in [-0.1, -0.05) is 90.0 Å². The lowest BCUT2D eigenvalue weighted by atomic mass is 10.1. The monoisotopic (exact) mass is 522 g/mol. The number of unbranched alkanes of at least 4 members (excludes halogenated alkanes) is 14. The van der Waals surface area contributed by atoms with Crippen LogP contribution in [0.4, 0.5) is 0 Å². The molecule has 4 heteroatoms. The first-order valence-electron chi connectivity index (χ1n) is 15.0. The summed E-state index contributed by atoms with van der Waals surface area (Å²) < 4.78 is 17.2. The minimum Gasteiger partial charge on any atom is -0.494 e. The van der Waals surface area contributed by atoms with Gasteiger partial charge in [0.25, 0.3) is 0 Å². The third-order valence-electron chi connectivity index (χ3n) is 6.71. The zero-order valence-corrected chi connectivity index (χ0v) is 23.8. The average molecular weight is 523 g/mol. The van der Waals surface area contributed by atoms with E-state index in [1.807, 2.05) is 30.3 Å². The van der Waals surface area contributed by atoms with E-state index in [2.05, 4.69) is 13.5 Å². The average Bonchev–Trinajstić information content (AvgIpc) is 2.94. The third kappa shape index (κ3) is 14.9. The number of hydrogen-bond donors (Lipinski definition) is 0. The Hall–Kier alpha value is -2.75. The van der Waals surface area contributed by atoms with E-state index in [1.54, 1.807) is 24.3 Å². The van der Waals surface area contributed by atoms with Crippen LogP contribution in [0, 0.1) is 0 Å². The van der Waals surface area contributed by atoms with Crippen molar-refractivity contribution in [2.45, 2.75) is 110 Å². The van der Waals surface area contributed by atoms with Gasteiger partial charge in [0.1, 0.15) is 17.2 Å². The highest BCUT2D eigenvalue weighted by atomic mass is 16.5. The second kappa shape index (κ2) is 21.2. The second-order valence-electron chi connectivity index (χ2n) is 10.1. The van der Waals surface area contributed by atoms with Crippen LogP contribution < -0.4 is 14.2 Å². The van der Waals surface area contributed by atoms with Gasteiger partial charge >= 0.3 is 5.97 Å². The maximum Gasteiger partial charge on any atom is 0.343 e. The molecular formula is C34H50O4. The van der Waals surface area contributed by atoms with Crippen LogP contribution in [0.2, 0.25) is 0 Å². The molecule has 0 fully saturated rings. The molecule has 4 nitrogen and oxygen atoms in total. The Bertz CT molecular complexity index is 857. The molecule has 2 aromatic rings. The Morgan fingerprint density at radius 1 is 0.605 bits per heavy atom. The molecule has 2 aromatic carbocycles. The first kappa shape index (κ1) is 31.5. The summed E-state index contributed by atoms with van der Waals surface area (Å²) >= 11 is 0. The number of benzene rings is 2. The molecule has 0 amide bonds. The minimum absolute atomic E-state index is 0.378. The van der Waals surface area contributed by atoms with Gasteiger partial charge in [0.2, 0.25) is 0 Å². The zero-order valence-electron chi connectivity index (χ0n) is 23.8. The number of carbonyl (C=O) groups excluding carboxylic acids is 1. The van der Waals surface area contributed by atoms with Crippen LogP contribution in [0.1, 0.15) is 120 Å². The molecular weight excluding hydrogens is 472 g/mol. The molecule has 0 aliphatic rings. The molecule has 210 valence electrons. The van der Waals surface area contributed by atoms with Gasteiger partial charge in [0, 0.05) is 0 Å². The van der Waals surface area contributed by atoms with Crippen molar-refractivity contribution < 1.29 is 19.0 Å². The molecule has 0 atom stereocenters. The molecule has 0 spiro atoms. The number of rotatable bonds is 23. The lowest BCUT2D eigenvalue weighted by molar-refractivity contribution is 0.0734. The van der Waals surface area contributed by atoms with Crippen molar-refractivity contribution in [2.75, 3.05) is 13.2 Å². The largest absolute Gasteiger partial charge is 0.494 e. The van der Waals surface area contributed by atoms with Crippen molar-refractivity contribution in [1.82, 2.24) is 0 Å². The molecule has 0 bridgehead atoms. The van der Waals surface area contributed by atoms with Gasteiger partial charge in [0.05, 0.1) is 18.8 Å². The first-order chi connectivity index (χ1) is 18.7. The maximum atomic E-state index is 12.5. The quantitative estimate of drug-likeness (QED) is 0.0630. The summed E-state index contributed by atoms with van der Waals surface area (Å²) in [6, 6.07) is 14.4. The Kier molecular flexibility index (Phi) is 17.6. The molecule has 0 saturated heterocycles. The molecule has 0 aromatic heterocycles. The molecule has 0 aliphatic heterocycles. The van der Waals surface area contributed by atoms with Gasteiger partial charge in [-0.05, 0) is 74.2 Å². The molecule has 38 heavy (non-hydrogen) atoms. The number of carbonyl (C=O) groups is 1. The molecule has 0 heterocycles. The fourth-order valence-corrected chi connectivity index (χ4v) is 4.35. The van der Waals surface area contributed by atoms with Gasteiger partial charge in [0.15, 0.2) is 0 Å². The smallest absolute Gasteiger partial charge is 0.343 e. The van der Waals surface area contributed by atoms with Crippen molar-refractivity contribution in [3.05, 3.63) is 66.7 Å². The first-order valence-corrected chi connectivity index (χ1v) is 15.0. The fourth-order valence-electron chi connectivity index (χ4n) is 4.35. The molecule has 0 unspecified atom stereocenters. The van der Waals surface area contributed by atoms with Crippen molar-refractivity contribution in [3.8, 4) is 17.2 Å². The lowest BCUT2D eigenvalue weighted by Crippen LogP contribution is -2.08. The zero-order chi connectivity index (χ0) is 27.1. The van der Waals surface area contributed by atoms with Crippen molar-refractivity contribution >= 4 is 5.97 Å². The standard InChI is InChI=1S/C34H50O4/c1-3-5-7-9-11-13-15-17-18-28-36-31-22-20-30(21-23-31)34(35)38-33-26-24-32(25-27-33)37-29-19-16-14-12-10-8-6-4-2/h3,20-27H,1,4-19,28-29H2,2H3. The Labute approximate surface area is 231 Å². The molecule has 0 aliphatic carbocycles. The highest BCUT2D eigenvalue weighted by Gasteiger charge is 2.09. The van der Waals surface area contributed by atoms with Crippen LogP contribution in [0.25, 0.3) is 0 Å².